The predicted molar refractivity (Wildman–Crippen MR) is 175 cm³/mol. The van der Waals surface area contributed by atoms with Gasteiger partial charge in [-0.3, -0.25) is 4.57 Å². The minimum atomic E-state index is 0. The number of ether oxygens (including phenoxy) is 1. The fourth-order valence-corrected chi connectivity index (χ4v) is 5.82. The number of hydrogen-bond donors (Lipinski definition) is 0. The van der Waals surface area contributed by atoms with Crippen LogP contribution in [0.15, 0.2) is 97.5 Å². The summed E-state index contributed by atoms with van der Waals surface area (Å²) in [4.78, 5) is 4.78. The van der Waals surface area contributed by atoms with Crippen molar-refractivity contribution in [2.45, 2.75) is 47.0 Å². The molecular formula is C39H34N4OPt-2. The first-order valence-electron chi connectivity index (χ1n) is 14.9. The second-order valence-electron chi connectivity index (χ2n) is 12.4. The zero-order valence-electron chi connectivity index (χ0n) is 26.3. The molecule has 0 saturated heterocycles. The van der Waals surface area contributed by atoms with E-state index in [2.05, 4.69) is 119 Å². The molecule has 0 unspecified atom stereocenters. The number of rotatable bonds is 5. The van der Waals surface area contributed by atoms with Crippen LogP contribution in [0.4, 0.5) is 0 Å². The molecular weight excluding hydrogens is 736 g/mol. The van der Waals surface area contributed by atoms with E-state index in [-0.39, 0.29) is 26.5 Å². The number of aryl methyl sites for hydroxylation is 2. The number of pyridine rings is 1. The molecule has 7 rings (SSSR count). The van der Waals surface area contributed by atoms with Crippen molar-refractivity contribution < 1.29 is 30.4 Å². The van der Waals surface area contributed by atoms with Crippen molar-refractivity contribution in [1.29, 1.82) is 0 Å². The summed E-state index contributed by atoms with van der Waals surface area (Å²) in [5.41, 5.74) is 8.92. The van der Waals surface area contributed by atoms with Gasteiger partial charge < -0.3 is 13.9 Å². The Labute approximate surface area is 279 Å². The Morgan fingerprint density at radius 1 is 0.800 bits per heavy atom. The maximum atomic E-state index is 6.38. The van der Waals surface area contributed by atoms with Crippen molar-refractivity contribution in [1.82, 2.24) is 14.1 Å². The zero-order chi connectivity index (χ0) is 30.6. The number of aromatic nitrogens is 4. The number of para-hydroxylation sites is 1. The zero-order valence-corrected chi connectivity index (χ0v) is 28.5. The van der Waals surface area contributed by atoms with Crippen molar-refractivity contribution in [2.24, 2.45) is 0 Å². The largest absolute Gasteiger partial charge is 0.510 e. The first-order chi connectivity index (χ1) is 21.2. The summed E-state index contributed by atoms with van der Waals surface area (Å²) in [6.45, 7) is 13.1. The van der Waals surface area contributed by atoms with Gasteiger partial charge in [-0.25, -0.2) is 4.98 Å². The molecule has 0 aliphatic carbocycles. The third kappa shape index (κ3) is 5.62. The van der Waals surface area contributed by atoms with Gasteiger partial charge in [0.2, 0.25) is 0 Å². The molecule has 5 nitrogen and oxygen atoms in total. The average molecular weight is 770 g/mol. The number of imidazole rings is 1. The van der Waals surface area contributed by atoms with Gasteiger partial charge in [0.15, 0.2) is 0 Å². The van der Waals surface area contributed by atoms with Crippen LogP contribution in [0.2, 0.25) is 0 Å². The maximum Gasteiger partial charge on any atom is 0.267 e. The first-order valence-corrected chi connectivity index (χ1v) is 14.9. The standard InChI is InChI=1S/C39H34N4O.Pt/c1-26-14-15-27(2)38(28(26)3)42-21-20-41(25-42)30-10-9-11-31(23-30)44-32-16-17-34-33-12-7-8-13-35(33)43(36(34)24-32)37-22-29(18-19-40-37)39(4,5)6;/h7-22H,1-6H3;/q-2;. The minimum absolute atomic E-state index is 0. The van der Waals surface area contributed by atoms with Gasteiger partial charge in [-0.1, -0.05) is 62.2 Å². The SMILES string of the molecule is Cc1ccc(C)c(-[n+]2[c-]n(-c3[c-]c(Oc4[c-]c5c(cc4)c4ccccc4n5-c4cc(C(C)(C)C)ccn4)ccc3)cc2)c1C.[Pt]. The quantitative estimate of drug-likeness (QED) is 0.130. The molecule has 228 valence electrons. The first kappa shape index (κ1) is 30.6. The Morgan fingerprint density at radius 2 is 1.58 bits per heavy atom. The van der Waals surface area contributed by atoms with Crippen molar-refractivity contribution >= 4 is 21.8 Å². The average Bonchev–Trinajstić information content (AvgIpc) is 3.62. The summed E-state index contributed by atoms with van der Waals surface area (Å²) in [5.74, 6) is 2.07. The molecule has 0 aliphatic rings. The van der Waals surface area contributed by atoms with Gasteiger partial charge in [-0.2, -0.15) is 18.2 Å². The van der Waals surface area contributed by atoms with Gasteiger partial charge in [0.25, 0.3) is 6.33 Å². The summed E-state index contributed by atoms with van der Waals surface area (Å²) >= 11 is 0. The van der Waals surface area contributed by atoms with Crippen molar-refractivity contribution in [3.63, 3.8) is 0 Å². The molecule has 3 aromatic heterocycles. The van der Waals surface area contributed by atoms with E-state index in [4.69, 9.17) is 9.72 Å². The van der Waals surface area contributed by atoms with E-state index in [0.29, 0.717) is 11.5 Å². The second-order valence-corrected chi connectivity index (χ2v) is 12.4. The number of benzene rings is 4. The third-order valence-electron chi connectivity index (χ3n) is 8.35. The van der Waals surface area contributed by atoms with Crippen LogP contribution < -0.4 is 9.30 Å². The summed E-state index contributed by atoms with van der Waals surface area (Å²) < 4.78 is 12.5. The molecule has 0 aliphatic heterocycles. The Balaban J connectivity index is 0.00000357. The summed E-state index contributed by atoms with van der Waals surface area (Å²) in [6.07, 6.45) is 9.36. The Bertz CT molecular complexity index is 2180. The van der Waals surface area contributed by atoms with Crippen LogP contribution in [0, 0.1) is 39.2 Å². The van der Waals surface area contributed by atoms with Crippen LogP contribution in [-0.4, -0.2) is 14.1 Å². The fourth-order valence-electron chi connectivity index (χ4n) is 5.82. The van der Waals surface area contributed by atoms with Gasteiger partial charge >= 0.3 is 0 Å². The van der Waals surface area contributed by atoms with Gasteiger partial charge in [-0.15, -0.1) is 29.7 Å². The topological polar surface area (TPSA) is 35.9 Å². The van der Waals surface area contributed by atoms with E-state index in [9.17, 15) is 0 Å². The number of hydrogen-bond acceptors (Lipinski definition) is 2. The molecule has 0 radical (unpaired) electrons. The van der Waals surface area contributed by atoms with Crippen LogP contribution in [0.3, 0.4) is 0 Å². The van der Waals surface area contributed by atoms with Crippen LogP contribution in [0.5, 0.6) is 11.5 Å². The Morgan fingerprint density at radius 3 is 2.40 bits per heavy atom. The smallest absolute Gasteiger partial charge is 0.267 e. The monoisotopic (exact) mass is 769 g/mol. The van der Waals surface area contributed by atoms with Crippen LogP contribution >= 0.6 is 0 Å². The minimum Gasteiger partial charge on any atom is -0.510 e. The van der Waals surface area contributed by atoms with Crippen LogP contribution in [-0.2, 0) is 26.5 Å². The molecule has 0 spiro atoms. The number of fused-ring (bicyclic) bond motifs is 3. The van der Waals surface area contributed by atoms with E-state index in [0.717, 1.165) is 39.0 Å². The molecule has 0 N–H and O–H groups in total. The van der Waals surface area contributed by atoms with Gasteiger partial charge in [0.1, 0.15) is 5.82 Å². The van der Waals surface area contributed by atoms with Crippen molar-refractivity contribution in [3.05, 3.63) is 138 Å². The number of nitrogens with zero attached hydrogens (tertiary/aromatic N) is 4. The molecule has 0 bridgehead atoms. The van der Waals surface area contributed by atoms with E-state index < -0.39 is 0 Å². The normalized spacial score (nSPS) is 11.6. The molecule has 0 fully saturated rings. The second kappa shape index (κ2) is 11.8. The van der Waals surface area contributed by atoms with Gasteiger partial charge in [-0.05, 0) is 72.1 Å². The summed E-state index contributed by atoms with van der Waals surface area (Å²) in [6, 6.07) is 33.9. The van der Waals surface area contributed by atoms with Gasteiger partial charge in [0.05, 0.1) is 5.69 Å². The van der Waals surface area contributed by atoms with Crippen molar-refractivity contribution in [2.75, 3.05) is 0 Å². The van der Waals surface area contributed by atoms with Gasteiger partial charge in [0, 0.05) is 56.7 Å². The predicted octanol–water partition coefficient (Wildman–Crippen LogP) is 8.66. The summed E-state index contributed by atoms with van der Waals surface area (Å²) in [5, 5.41) is 2.25. The molecule has 7 aromatic rings. The molecule has 3 heterocycles. The van der Waals surface area contributed by atoms with Crippen LogP contribution in [0.25, 0.3) is 39.0 Å². The Kier molecular flexibility index (Phi) is 8.01. The molecule has 6 heteroatoms. The molecule has 0 atom stereocenters. The third-order valence-corrected chi connectivity index (χ3v) is 8.35. The van der Waals surface area contributed by atoms with E-state index in [1.165, 1.54) is 22.3 Å². The maximum absolute atomic E-state index is 6.38. The molecule has 0 saturated carbocycles. The fraction of sp³-hybridized carbons (Fsp3) is 0.179. The van der Waals surface area contributed by atoms with E-state index in [1.807, 2.05) is 52.0 Å². The summed E-state index contributed by atoms with van der Waals surface area (Å²) in [7, 11) is 0. The molecule has 4 aromatic carbocycles. The molecule has 45 heavy (non-hydrogen) atoms. The van der Waals surface area contributed by atoms with E-state index >= 15 is 0 Å². The molecule has 0 amide bonds. The van der Waals surface area contributed by atoms with E-state index in [1.54, 1.807) is 0 Å². The van der Waals surface area contributed by atoms with Crippen LogP contribution in [0.1, 0.15) is 43.0 Å². The Hall–Kier alpha value is -4.47. The van der Waals surface area contributed by atoms with Crippen molar-refractivity contribution in [3.8, 4) is 28.7 Å².